The van der Waals surface area contributed by atoms with Crippen molar-refractivity contribution in [2.45, 2.75) is 132 Å². The van der Waals surface area contributed by atoms with Gasteiger partial charge in [-0.3, -0.25) is 37.3 Å². The molecule has 20 heteroatoms. The molecule has 2 saturated heterocycles. The highest BCUT2D eigenvalue weighted by Crippen LogP contribution is 2.51. The quantitative estimate of drug-likeness (QED) is 0.0350. The topological polar surface area (TPSA) is 273 Å². The average molecular weight is 1040 g/mol. The molecule has 392 valence electrons. The van der Waals surface area contributed by atoms with Crippen LogP contribution in [0, 0.1) is 10.8 Å². The molecule has 0 spiro atoms. The Hall–Kier alpha value is -5.10. The maximum Gasteiger partial charge on any atom is 0.472 e. The molecule has 0 aromatic heterocycles. The number of aliphatic hydroxyl groups excluding tert-OH is 2. The van der Waals surface area contributed by atoms with Crippen molar-refractivity contribution in [2.75, 3.05) is 13.2 Å². The number of hydrogen-bond acceptors (Lipinski definition) is 16. The molecule has 0 amide bonds. The van der Waals surface area contributed by atoms with E-state index in [9.17, 15) is 57.9 Å². The van der Waals surface area contributed by atoms with Crippen LogP contribution in [0.4, 0.5) is 0 Å². The van der Waals surface area contributed by atoms with Crippen LogP contribution in [0.15, 0.2) is 130 Å². The van der Waals surface area contributed by atoms with Gasteiger partial charge in [-0.25, -0.2) is 18.7 Å². The molecule has 4 aliphatic rings. The van der Waals surface area contributed by atoms with E-state index >= 15 is 0 Å². The Morgan fingerprint density at radius 1 is 0.569 bits per heavy atom. The van der Waals surface area contributed by atoms with E-state index in [1.54, 1.807) is 13.8 Å². The van der Waals surface area contributed by atoms with E-state index in [-0.39, 0.29) is 25.7 Å². The van der Waals surface area contributed by atoms with Crippen molar-refractivity contribution in [1.29, 1.82) is 0 Å². The molecule has 8 atom stereocenters. The minimum absolute atomic E-state index is 0.0955. The molecule has 18 nitrogen and oxygen atoms in total. The van der Waals surface area contributed by atoms with E-state index in [2.05, 4.69) is 0 Å². The zero-order valence-electron chi connectivity index (χ0n) is 42.2. The van der Waals surface area contributed by atoms with Crippen molar-refractivity contribution >= 4 is 50.7 Å². The Morgan fingerprint density at radius 3 is 1.21 bits per heavy atom. The molecule has 2 heterocycles. The highest BCUT2D eigenvalue weighted by molar-refractivity contribution is 7.47. The number of cyclic esters (lactones) is 2. The smallest absolute Gasteiger partial charge is 0.452 e. The van der Waals surface area contributed by atoms with Crippen molar-refractivity contribution in [3.63, 3.8) is 0 Å². The van der Waals surface area contributed by atoms with Gasteiger partial charge in [-0.05, 0) is 87.5 Å². The zero-order valence-corrected chi connectivity index (χ0v) is 44.0. The molecule has 6 unspecified atom stereocenters. The third-order valence-corrected chi connectivity index (χ3v) is 14.3. The van der Waals surface area contributed by atoms with Crippen molar-refractivity contribution in [2.24, 2.45) is 10.8 Å². The largest absolute Gasteiger partial charge is 0.472 e. The van der Waals surface area contributed by atoms with Crippen molar-refractivity contribution in [1.82, 2.24) is 0 Å². The summed E-state index contributed by atoms with van der Waals surface area (Å²) in [4.78, 5) is 93.6. The summed E-state index contributed by atoms with van der Waals surface area (Å²) in [5, 5.41) is 18.9. The van der Waals surface area contributed by atoms with Gasteiger partial charge in [0.1, 0.15) is 12.2 Å². The number of ether oxygens (including phenoxy) is 2. The Balaban J connectivity index is 1.25. The molecule has 72 heavy (non-hydrogen) atoms. The number of Topliss-reactive ketones (excluding diaryl/α,β-unsaturated/α-hetero) is 4. The summed E-state index contributed by atoms with van der Waals surface area (Å²) < 4.78 is 55.3. The second-order valence-electron chi connectivity index (χ2n) is 19.2. The normalized spacial score (nSPS) is 27.7. The minimum atomic E-state index is -4.75. The summed E-state index contributed by atoms with van der Waals surface area (Å²) in [7, 11) is -9.49. The van der Waals surface area contributed by atoms with Gasteiger partial charge in [0.25, 0.3) is 0 Å². The van der Waals surface area contributed by atoms with Crippen LogP contribution in [0.5, 0.6) is 0 Å². The minimum Gasteiger partial charge on any atom is -0.452 e. The number of allylic oxidation sites excluding steroid dienone is 20. The second-order valence-corrected chi connectivity index (χ2v) is 22.0. The summed E-state index contributed by atoms with van der Waals surface area (Å²) in [5.74, 6) is -4.85. The predicted molar refractivity (Wildman–Crippen MR) is 265 cm³/mol. The van der Waals surface area contributed by atoms with Gasteiger partial charge >= 0.3 is 27.6 Å². The molecule has 0 aromatic rings. The van der Waals surface area contributed by atoms with Gasteiger partial charge in [-0.1, -0.05) is 135 Å². The number of aliphatic hydroxyl groups is 2. The molecule has 2 aliphatic heterocycles. The average Bonchev–Trinajstić information content (AvgIpc) is 3.67. The van der Waals surface area contributed by atoms with E-state index in [1.165, 1.54) is 0 Å². The number of esters is 2. The first-order valence-electron chi connectivity index (χ1n) is 23.2. The third-order valence-electron chi connectivity index (χ3n) is 12.2. The number of carbonyl (C=O) groups is 6. The Morgan fingerprint density at radius 2 is 0.889 bits per heavy atom. The molecular weight excluding hydrogens is 975 g/mol. The Kier molecular flexibility index (Phi) is 20.8. The van der Waals surface area contributed by atoms with E-state index < -0.39 is 111 Å². The first kappa shape index (κ1) is 59.5. The van der Waals surface area contributed by atoms with Gasteiger partial charge in [0.15, 0.2) is 23.8 Å². The molecule has 0 radical (unpaired) electrons. The van der Waals surface area contributed by atoms with Crippen LogP contribution in [0.25, 0.3) is 0 Å². The molecule has 0 bridgehead atoms. The van der Waals surface area contributed by atoms with Crippen molar-refractivity contribution in [3.05, 3.63) is 130 Å². The fourth-order valence-electron chi connectivity index (χ4n) is 8.18. The maximum absolute atomic E-state index is 13.3. The fraction of sp³-hybridized carbons (Fsp3) is 0.462. The number of phosphoric acid groups is 2. The van der Waals surface area contributed by atoms with Crippen LogP contribution in [0.2, 0.25) is 0 Å². The van der Waals surface area contributed by atoms with Crippen LogP contribution in [-0.2, 0) is 65.5 Å². The molecule has 4 rings (SSSR count). The predicted octanol–water partition coefficient (Wildman–Crippen LogP) is 7.68. The lowest BCUT2D eigenvalue weighted by atomic mass is 9.71. The first-order chi connectivity index (χ1) is 33.4. The molecule has 2 aliphatic carbocycles. The number of rotatable bonds is 22. The number of carbonyl (C=O) groups excluding carboxylic acids is 6. The number of ketones is 4. The standard InChI is InChI=1S/C52H66O18P2/c1-31(17-13-19-33(3)21-23-37-35(5)43(53)41(29-51(37,7)8)69-71(61,62)65-27-25-39-45(55)47(57)49(59)67-39)15-11-12-16-32(2)18-14-20-34(4)22-24-38-36(6)44(54)42(30-52(38,9)10)70-72(63,64)66-28-26-40-46(56)48(58)50(60)68-40/h11-24,39-42,47-48,57-58H,25-30H2,1-10H3,(H,61,62)(H,63,64)/t39-,40-,41?,42?,47?,48?/m1/s1. The molecule has 4 N–H and O–H groups in total. The van der Waals surface area contributed by atoms with Crippen molar-refractivity contribution < 1.29 is 85.5 Å². The summed E-state index contributed by atoms with van der Waals surface area (Å²) in [5.41, 5.74) is 4.82. The SMILES string of the molecule is CC(C=CC=C(C)C=CC1=C(C)C(=O)C(OP(=O)(O)OCC[C@H]2OC(=O)C(O)C2=O)CC1(C)C)=CC=CC=C(C)C=CC=C(C)C=CC1=C(C)C(=O)C(OP(=O)(O)OCC[C@H]2OC(=O)C(O)C2=O)CC1(C)C. The van der Waals surface area contributed by atoms with Gasteiger partial charge in [0, 0.05) is 12.8 Å². The Bertz CT molecular complexity index is 2430. The molecule has 0 aromatic carbocycles. The lowest BCUT2D eigenvalue weighted by molar-refractivity contribution is -0.148. The van der Waals surface area contributed by atoms with E-state index in [4.69, 9.17) is 27.6 Å². The summed E-state index contributed by atoms with van der Waals surface area (Å²) in [6.07, 6.45) is 17.6. The molecule has 2 fully saturated rings. The lowest BCUT2D eigenvalue weighted by Gasteiger charge is -2.36. The van der Waals surface area contributed by atoms with Crippen molar-refractivity contribution in [3.8, 4) is 0 Å². The van der Waals surface area contributed by atoms with Crippen LogP contribution in [-0.4, -0.2) is 105 Å². The highest BCUT2D eigenvalue weighted by atomic mass is 31.2. The fourth-order valence-corrected chi connectivity index (χ4v) is 9.96. The monoisotopic (exact) mass is 1040 g/mol. The van der Waals surface area contributed by atoms with Crippen LogP contribution in [0.3, 0.4) is 0 Å². The summed E-state index contributed by atoms with van der Waals surface area (Å²) in [6, 6.07) is 0. The summed E-state index contributed by atoms with van der Waals surface area (Å²) in [6.45, 7) is 17.6. The van der Waals surface area contributed by atoms with Crippen LogP contribution < -0.4 is 0 Å². The molecular formula is C52H66O18P2. The Labute approximate surface area is 420 Å². The summed E-state index contributed by atoms with van der Waals surface area (Å²) >= 11 is 0. The van der Waals surface area contributed by atoms with Crippen LogP contribution >= 0.6 is 15.6 Å². The lowest BCUT2D eigenvalue weighted by Crippen LogP contribution is -2.37. The maximum atomic E-state index is 13.3. The van der Waals surface area contributed by atoms with Gasteiger partial charge in [-0.2, -0.15) is 0 Å². The third kappa shape index (κ3) is 16.7. The van der Waals surface area contributed by atoms with Gasteiger partial charge < -0.3 is 29.5 Å². The van der Waals surface area contributed by atoms with Gasteiger partial charge in [0.2, 0.25) is 23.8 Å². The number of hydrogen-bond donors (Lipinski definition) is 4. The van der Waals surface area contributed by atoms with E-state index in [0.717, 1.165) is 33.4 Å². The second kappa shape index (κ2) is 25.2. The van der Waals surface area contributed by atoms with Gasteiger partial charge in [-0.15, -0.1) is 0 Å². The zero-order chi connectivity index (χ0) is 53.9. The van der Waals surface area contributed by atoms with E-state index in [1.807, 2.05) is 140 Å². The molecule has 0 saturated carbocycles. The number of phosphoric ester groups is 2. The first-order valence-corrected chi connectivity index (χ1v) is 26.2. The van der Waals surface area contributed by atoms with Gasteiger partial charge in [0.05, 0.1) is 13.2 Å². The van der Waals surface area contributed by atoms with E-state index in [0.29, 0.717) is 11.1 Å². The highest BCUT2D eigenvalue weighted by Gasteiger charge is 2.46. The van der Waals surface area contributed by atoms with Crippen LogP contribution in [0.1, 0.15) is 94.9 Å².